The Balaban J connectivity index is 1.56. The van der Waals surface area contributed by atoms with Crippen molar-refractivity contribution < 1.29 is 13.6 Å². The molecule has 36 heavy (non-hydrogen) atoms. The fraction of sp³-hybridized carbons (Fsp3) is 0.174. The van der Waals surface area contributed by atoms with Crippen molar-refractivity contribution in [3.8, 4) is 0 Å². The van der Waals surface area contributed by atoms with Gasteiger partial charge in [-0.25, -0.2) is 18.0 Å². The van der Waals surface area contributed by atoms with Gasteiger partial charge in [0.1, 0.15) is 11.6 Å². The summed E-state index contributed by atoms with van der Waals surface area (Å²) in [4.78, 5) is 38.3. The molecule has 1 amide bonds. The highest BCUT2D eigenvalue weighted by Gasteiger charge is 2.24. The summed E-state index contributed by atoms with van der Waals surface area (Å²) in [5.74, 6) is -0.930. The van der Waals surface area contributed by atoms with Gasteiger partial charge < -0.3 is 5.32 Å². The van der Waals surface area contributed by atoms with Crippen molar-refractivity contribution in [3.63, 3.8) is 0 Å². The smallest absolute Gasteiger partial charge is 0.325 e. The van der Waals surface area contributed by atoms with Gasteiger partial charge in [0.15, 0.2) is 16.3 Å². The minimum absolute atomic E-state index is 0.0540. The van der Waals surface area contributed by atoms with E-state index in [1.54, 1.807) is 21.1 Å². The van der Waals surface area contributed by atoms with Crippen molar-refractivity contribution in [1.29, 1.82) is 0 Å². The van der Waals surface area contributed by atoms with Crippen LogP contribution >= 0.6 is 11.8 Å². The van der Waals surface area contributed by atoms with Gasteiger partial charge in [-0.3, -0.25) is 23.3 Å². The number of nitrogens with one attached hydrogen (secondary N) is 1. The number of carbonyl (C=O) groups is 1. The maximum absolute atomic E-state index is 13.4. The Bertz CT molecular complexity index is 1740. The Morgan fingerprint density at radius 2 is 1.58 bits per heavy atom. The highest BCUT2D eigenvalue weighted by atomic mass is 32.2. The molecule has 0 saturated carbocycles. The Labute approximate surface area is 205 Å². The Hall–Kier alpha value is -4.26. The molecule has 3 aromatic heterocycles. The summed E-state index contributed by atoms with van der Waals surface area (Å²) in [6, 6.07) is 11.2. The monoisotopic (exact) mass is 511 g/mol. The van der Waals surface area contributed by atoms with Crippen LogP contribution in [0.2, 0.25) is 0 Å². The molecule has 0 aliphatic heterocycles. The van der Waals surface area contributed by atoms with Crippen LogP contribution in [0.3, 0.4) is 0 Å². The molecule has 2 aromatic carbocycles. The molecule has 10 nitrogen and oxygen atoms in total. The number of anilines is 1. The molecule has 0 spiro atoms. The second kappa shape index (κ2) is 9.07. The van der Waals surface area contributed by atoms with Crippen molar-refractivity contribution in [2.45, 2.75) is 11.7 Å². The van der Waals surface area contributed by atoms with E-state index in [4.69, 9.17) is 0 Å². The van der Waals surface area contributed by atoms with Crippen LogP contribution in [0.15, 0.2) is 63.3 Å². The van der Waals surface area contributed by atoms with Crippen LogP contribution in [0.5, 0.6) is 0 Å². The zero-order valence-electron chi connectivity index (χ0n) is 19.1. The fourth-order valence-electron chi connectivity index (χ4n) is 3.91. The molecule has 0 aliphatic carbocycles. The number of aryl methyl sites for hydroxylation is 1. The van der Waals surface area contributed by atoms with Gasteiger partial charge >= 0.3 is 5.69 Å². The molecule has 0 unspecified atom stereocenters. The summed E-state index contributed by atoms with van der Waals surface area (Å²) in [7, 11) is 2.91. The summed E-state index contributed by atoms with van der Waals surface area (Å²) in [6.07, 6.45) is 0. The number of amides is 1. The van der Waals surface area contributed by atoms with Crippen LogP contribution in [-0.4, -0.2) is 40.0 Å². The normalized spacial score (nSPS) is 11.4. The van der Waals surface area contributed by atoms with Crippen LogP contribution < -0.4 is 16.6 Å². The number of aromatic nitrogens is 6. The molecule has 13 heteroatoms. The molecule has 3 heterocycles. The van der Waals surface area contributed by atoms with E-state index in [9.17, 15) is 23.2 Å². The van der Waals surface area contributed by atoms with Gasteiger partial charge in [-0.2, -0.15) is 0 Å². The van der Waals surface area contributed by atoms with Crippen LogP contribution in [0, 0.1) is 11.6 Å². The summed E-state index contributed by atoms with van der Waals surface area (Å²) >= 11 is 1.06. The van der Waals surface area contributed by atoms with E-state index in [1.165, 1.54) is 55.1 Å². The van der Waals surface area contributed by atoms with Gasteiger partial charge in [-0.15, -0.1) is 10.2 Å². The van der Waals surface area contributed by atoms with E-state index >= 15 is 0 Å². The third kappa shape index (κ3) is 4.06. The first-order chi connectivity index (χ1) is 17.2. The highest BCUT2D eigenvalue weighted by molar-refractivity contribution is 7.99. The molecule has 0 saturated heterocycles. The Morgan fingerprint density at radius 3 is 2.25 bits per heavy atom. The zero-order valence-corrected chi connectivity index (χ0v) is 19.9. The van der Waals surface area contributed by atoms with Crippen molar-refractivity contribution >= 4 is 40.3 Å². The number of hydrogen-bond donors (Lipinski definition) is 1. The first kappa shape index (κ1) is 23.5. The lowest BCUT2D eigenvalue weighted by Gasteiger charge is -2.08. The maximum atomic E-state index is 13.4. The Morgan fingerprint density at radius 1 is 0.944 bits per heavy atom. The second-order valence-electron chi connectivity index (χ2n) is 8.05. The first-order valence-electron chi connectivity index (χ1n) is 10.7. The summed E-state index contributed by atoms with van der Waals surface area (Å²) < 4.78 is 32.0. The lowest BCUT2D eigenvalue weighted by atomic mass is 10.2. The molecule has 0 bridgehead atoms. The van der Waals surface area contributed by atoms with E-state index in [0.29, 0.717) is 16.4 Å². The molecule has 0 atom stereocenters. The topological polar surface area (TPSA) is 108 Å². The minimum Gasteiger partial charge on any atom is -0.325 e. The van der Waals surface area contributed by atoms with Gasteiger partial charge in [-0.05, 0) is 42.0 Å². The molecule has 5 aromatic rings. The average Bonchev–Trinajstić information content (AvgIpc) is 3.41. The van der Waals surface area contributed by atoms with E-state index < -0.39 is 17.1 Å². The summed E-state index contributed by atoms with van der Waals surface area (Å²) in [5, 5.41) is 11.4. The van der Waals surface area contributed by atoms with E-state index in [0.717, 1.165) is 16.3 Å². The minimum atomic E-state index is -0.535. The fourth-order valence-corrected chi connectivity index (χ4v) is 4.63. The predicted octanol–water partition coefficient (Wildman–Crippen LogP) is 2.14. The first-order valence-corrected chi connectivity index (χ1v) is 11.7. The number of fused-ring (bicyclic) bond motifs is 3. The molecule has 1 N–H and O–H groups in total. The van der Waals surface area contributed by atoms with E-state index in [2.05, 4.69) is 15.5 Å². The largest absolute Gasteiger partial charge is 0.332 e. The highest BCUT2D eigenvalue weighted by Crippen LogP contribution is 2.25. The number of halogens is 2. The third-order valence-electron chi connectivity index (χ3n) is 5.66. The van der Waals surface area contributed by atoms with Crippen LogP contribution in [-0.2, 0) is 25.4 Å². The molecular formula is C23H19F2N7O3S. The van der Waals surface area contributed by atoms with Crippen LogP contribution in [0.4, 0.5) is 14.5 Å². The molecule has 0 fully saturated rings. The van der Waals surface area contributed by atoms with Gasteiger partial charge in [0.25, 0.3) is 5.56 Å². The SMILES string of the molecule is Cn1c(=O)c2c(n(C)c1=O)n1c(SCC(=O)Nc3ccc(F)cc3)nnc1n2Cc1ccc(F)cc1. The lowest BCUT2D eigenvalue weighted by Crippen LogP contribution is -2.37. The maximum Gasteiger partial charge on any atom is 0.332 e. The lowest BCUT2D eigenvalue weighted by molar-refractivity contribution is -0.113. The van der Waals surface area contributed by atoms with Gasteiger partial charge in [0.2, 0.25) is 11.7 Å². The molecule has 5 rings (SSSR count). The number of carbonyl (C=O) groups excluding carboxylic acids is 1. The van der Waals surface area contributed by atoms with Crippen LogP contribution in [0.1, 0.15) is 5.56 Å². The van der Waals surface area contributed by atoms with E-state index in [1.807, 2.05) is 0 Å². The Kier molecular flexibility index (Phi) is 5.92. The molecule has 0 aliphatic rings. The van der Waals surface area contributed by atoms with Gasteiger partial charge in [-0.1, -0.05) is 23.9 Å². The number of rotatable bonds is 6. The van der Waals surface area contributed by atoms with Crippen molar-refractivity contribution in [3.05, 3.63) is 86.6 Å². The molecule has 184 valence electrons. The average molecular weight is 512 g/mol. The second-order valence-corrected chi connectivity index (χ2v) is 8.99. The van der Waals surface area contributed by atoms with Crippen molar-refractivity contribution in [1.82, 2.24) is 28.3 Å². The van der Waals surface area contributed by atoms with Gasteiger partial charge in [0, 0.05) is 19.8 Å². The van der Waals surface area contributed by atoms with E-state index in [-0.39, 0.29) is 41.0 Å². The number of hydrogen-bond acceptors (Lipinski definition) is 6. The third-order valence-corrected chi connectivity index (χ3v) is 6.59. The summed E-state index contributed by atoms with van der Waals surface area (Å²) in [5.41, 5.74) is 0.577. The number of imidazole rings is 1. The number of thioether (sulfide) groups is 1. The van der Waals surface area contributed by atoms with Crippen molar-refractivity contribution in [2.24, 2.45) is 14.1 Å². The van der Waals surface area contributed by atoms with Crippen molar-refractivity contribution in [2.75, 3.05) is 11.1 Å². The zero-order chi connectivity index (χ0) is 25.6. The van der Waals surface area contributed by atoms with Gasteiger partial charge in [0.05, 0.1) is 12.3 Å². The summed E-state index contributed by atoms with van der Waals surface area (Å²) in [6.45, 7) is 0.175. The van der Waals surface area contributed by atoms with Crippen LogP contribution in [0.25, 0.3) is 16.9 Å². The molecule has 0 radical (unpaired) electrons. The molecular weight excluding hydrogens is 492 g/mol. The number of nitrogens with zero attached hydrogens (tertiary/aromatic N) is 6. The quantitative estimate of drug-likeness (QED) is 0.350. The standard InChI is InChI=1S/C23H19F2N7O3S/c1-29-19-18(20(34)30(2)23(29)35)31(11-13-3-5-14(24)6-4-13)21-27-28-22(32(19)21)36-12-17(33)26-16-9-7-15(25)8-10-16/h3-10H,11-12H2,1-2H3,(H,26,33). The number of benzene rings is 2. The predicted molar refractivity (Wildman–Crippen MR) is 130 cm³/mol.